The second-order valence-electron chi connectivity index (χ2n) is 5.58. The van der Waals surface area contributed by atoms with Gasteiger partial charge in [0.15, 0.2) is 0 Å². The number of benzene rings is 1. The van der Waals surface area contributed by atoms with Gasteiger partial charge in [0, 0.05) is 43.1 Å². The zero-order valence-corrected chi connectivity index (χ0v) is 14.1. The van der Waals surface area contributed by atoms with Gasteiger partial charge in [0.05, 0.1) is 18.8 Å². The Morgan fingerprint density at radius 1 is 1.39 bits per heavy atom. The molecule has 0 aliphatic carbocycles. The average Bonchev–Trinajstić information content (AvgIpc) is 2.79. The van der Waals surface area contributed by atoms with Gasteiger partial charge >= 0.3 is 0 Å². The molecule has 0 spiro atoms. The molecule has 0 radical (unpaired) electrons. The second-order valence-corrected chi connectivity index (χ2v) is 5.58. The van der Waals surface area contributed by atoms with Crippen LogP contribution in [0, 0.1) is 13.8 Å². The van der Waals surface area contributed by atoms with E-state index in [0.717, 1.165) is 28.3 Å². The summed E-state index contributed by atoms with van der Waals surface area (Å²) >= 11 is 0. The van der Waals surface area contributed by atoms with Gasteiger partial charge in [0.2, 0.25) is 5.91 Å². The monoisotopic (exact) mass is 316 g/mol. The number of hydrogen-bond donors (Lipinski definition) is 2. The topological polar surface area (TPSA) is 70.4 Å². The lowest BCUT2D eigenvalue weighted by Gasteiger charge is -2.16. The molecule has 2 rings (SSSR count). The van der Waals surface area contributed by atoms with Crippen LogP contribution in [-0.4, -0.2) is 34.4 Å². The summed E-state index contributed by atoms with van der Waals surface area (Å²) in [5.41, 5.74) is 4.95. The van der Waals surface area contributed by atoms with E-state index in [2.05, 4.69) is 10.4 Å². The Morgan fingerprint density at radius 3 is 2.78 bits per heavy atom. The summed E-state index contributed by atoms with van der Waals surface area (Å²) in [5.74, 6) is -0.000816. The largest absolute Gasteiger partial charge is 0.394 e. The first-order chi connectivity index (χ1) is 10.9. The number of rotatable bonds is 6. The Labute approximate surface area is 136 Å². The number of anilines is 2. The Morgan fingerprint density at radius 2 is 2.13 bits per heavy atom. The van der Waals surface area contributed by atoms with Crippen LogP contribution in [-0.2, 0) is 17.9 Å². The van der Waals surface area contributed by atoms with Crippen LogP contribution < -0.4 is 10.2 Å². The number of aliphatic hydroxyl groups excluding tert-OH is 1. The lowest BCUT2D eigenvalue weighted by Crippen LogP contribution is -2.22. The normalized spacial score (nSPS) is 10.7. The Balaban J connectivity index is 2.12. The Kier molecular flexibility index (Phi) is 5.39. The molecule has 0 saturated carbocycles. The molecule has 1 aromatic heterocycles. The molecular formula is C17H24N4O2. The molecule has 23 heavy (non-hydrogen) atoms. The van der Waals surface area contributed by atoms with E-state index in [-0.39, 0.29) is 12.5 Å². The molecule has 1 heterocycles. The third kappa shape index (κ3) is 3.90. The number of carbonyl (C=O) groups excluding carboxylic acids is 1. The van der Waals surface area contributed by atoms with E-state index in [9.17, 15) is 4.79 Å². The molecule has 124 valence electrons. The summed E-state index contributed by atoms with van der Waals surface area (Å²) in [7, 11) is 1.76. The second kappa shape index (κ2) is 7.28. The van der Waals surface area contributed by atoms with Crippen molar-refractivity contribution in [2.24, 2.45) is 0 Å². The first kappa shape index (κ1) is 17.0. The van der Waals surface area contributed by atoms with E-state index in [1.807, 2.05) is 42.8 Å². The Bertz CT molecular complexity index is 694. The van der Waals surface area contributed by atoms with Gasteiger partial charge in [-0.05, 0) is 32.0 Å². The predicted octanol–water partition coefficient (Wildman–Crippen LogP) is 2.09. The van der Waals surface area contributed by atoms with Crippen LogP contribution in [0.25, 0.3) is 0 Å². The number of nitrogens with one attached hydrogen (secondary N) is 1. The highest BCUT2D eigenvalue weighted by Crippen LogP contribution is 2.20. The van der Waals surface area contributed by atoms with E-state index in [1.54, 1.807) is 18.9 Å². The van der Waals surface area contributed by atoms with Gasteiger partial charge in [-0.15, -0.1) is 0 Å². The van der Waals surface area contributed by atoms with Gasteiger partial charge in [-0.3, -0.25) is 9.48 Å². The number of aliphatic hydroxyl groups is 1. The number of carbonyl (C=O) groups is 1. The van der Waals surface area contributed by atoms with Crippen LogP contribution in [0.5, 0.6) is 0 Å². The van der Waals surface area contributed by atoms with Gasteiger partial charge in [-0.25, -0.2) is 0 Å². The SMILES string of the molecule is CC(=O)N(C)c1cccc(NCc2c(C)nn(CCO)c2C)c1. The maximum absolute atomic E-state index is 11.5. The zero-order valence-electron chi connectivity index (χ0n) is 14.1. The van der Waals surface area contributed by atoms with Crippen LogP contribution in [0.4, 0.5) is 11.4 Å². The van der Waals surface area contributed by atoms with Crippen LogP contribution in [0.3, 0.4) is 0 Å². The molecule has 2 N–H and O–H groups in total. The fraction of sp³-hybridized carbons (Fsp3) is 0.412. The van der Waals surface area contributed by atoms with E-state index in [1.165, 1.54) is 0 Å². The van der Waals surface area contributed by atoms with Crippen LogP contribution >= 0.6 is 0 Å². The molecule has 0 aliphatic rings. The van der Waals surface area contributed by atoms with E-state index in [4.69, 9.17) is 5.11 Å². The lowest BCUT2D eigenvalue weighted by molar-refractivity contribution is -0.116. The van der Waals surface area contributed by atoms with E-state index in [0.29, 0.717) is 13.1 Å². The molecule has 0 atom stereocenters. The molecule has 0 saturated heterocycles. The fourth-order valence-electron chi connectivity index (χ4n) is 2.50. The molecule has 6 heteroatoms. The van der Waals surface area contributed by atoms with Crippen molar-refractivity contribution in [1.29, 1.82) is 0 Å². The van der Waals surface area contributed by atoms with Crippen molar-refractivity contribution < 1.29 is 9.90 Å². The number of amides is 1. The summed E-state index contributed by atoms with van der Waals surface area (Å²) in [6.45, 7) is 6.75. The minimum Gasteiger partial charge on any atom is -0.394 e. The van der Waals surface area contributed by atoms with E-state index >= 15 is 0 Å². The van der Waals surface area contributed by atoms with Gasteiger partial charge in [0.25, 0.3) is 0 Å². The van der Waals surface area contributed by atoms with Gasteiger partial charge < -0.3 is 15.3 Å². The van der Waals surface area contributed by atoms with Gasteiger partial charge in [0.1, 0.15) is 0 Å². The third-order valence-corrected chi connectivity index (χ3v) is 4.02. The summed E-state index contributed by atoms with van der Waals surface area (Å²) < 4.78 is 1.83. The molecule has 0 bridgehead atoms. The van der Waals surface area contributed by atoms with E-state index < -0.39 is 0 Å². The summed E-state index contributed by atoms with van der Waals surface area (Å²) in [6.07, 6.45) is 0. The lowest BCUT2D eigenvalue weighted by atomic mass is 10.2. The molecule has 0 aliphatic heterocycles. The standard InChI is InChI=1S/C17H24N4O2/c1-12-17(13(2)21(19-12)8-9-22)11-18-15-6-5-7-16(10-15)20(4)14(3)23/h5-7,10,18,22H,8-9,11H2,1-4H3. The smallest absolute Gasteiger partial charge is 0.223 e. The highest BCUT2D eigenvalue weighted by Gasteiger charge is 2.11. The zero-order chi connectivity index (χ0) is 17.0. The van der Waals surface area contributed by atoms with Crippen molar-refractivity contribution in [2.75, 3.05) is 23.9 Å². The van der Waals surface area contributed by atoms with Gasteiger partial charge in [-0.1, -0.05) is 6.07 Å². The Hall–Kier alpha value is -2.34. The molecular weight excluding hydrogens is 292 g/mol. The summed E-state index contributed by atoms with van der Waals surface area (Å²) in [5, 5.41) is 16.9. The third-order valence-electron chi connectivity index (χ3n) is 4.02. The number of hydrogen-bond acceptors (Lipinski definition) is 4. The summed E-state index contributed by atoms with van der Waals surface area (Å²) in [4.78, 5) is 13.1. The minimum absolute atomic E-state index is 0.000816. The van der Waals surface area contributed by atoms with Crippen molar-refractivity contribution in [1.82, 2.24) is 9.78 Å². The van der Waals surface area contributed by atoms with Crippen LogP contribution in [0.1, 0.15) is 23.9 Å². The van der Waals surface area contributed by atoms with Crippen LogP contribution in [0.15, 0.2) is 24.3 Å². The van der Waals surface area contributed by atoms with Crippen molar-refractivity contribution in [3.05, 3.63) is 41.2 Å². The van der Waals surface area contributed by atoms with Crippen molar-refractivity contribution in [2.45, 2.75) is 33.9 Å². The maximum atomic E-state index is 11.5. The number of nitrogens with zero attached hydrogens (tertiary/aromatic N) is 3. The number of aromatic nitrogens is 2. The highest BCUT2D eigenvalue weighted by molar-refractivity contribution is 5.91. The first-order valence-electron chi connectivity index (χ1n) is 7.66. The molecule has 0 fully saturated rings. The predicted molar refractivity (Wildman–Crippen MR) is 91.6 cm³/mol. The summed E-state index contributed by atoms with van der Waals surface area (Å²) in [6, 6.07) is 7.75. The minimum atomic E-state index is -0.000816. The maximum Gasteiger partial charge on any atom is 0.223 e. The molecule has 0 unspecified atom stereocenters. The number of aryl methyl sites for hydroxylation is 1. The molecule has 2 aromatic rings. The van der Waals surface area contributed by atoms with Crippen LogP contribution in [0.2, 0.25) is 0 Å². The van der Waals surface area contributed by atoms with Crippen molar-refractivity contribution >= 4 is 17.3 Å². The molecule has 1 aromatic carbocycles. The van der Waals surface area contributed by atoms with Crippen molar-refractivity contribution in [3.63, 3.8) is 0 Å². The first-order valence-corrected chi connectivity index (χ1v) is 7.66. The van der Waals surface area contributed by atoms with Gasteiger partial charge in [-0.2, -0.15) is 5.10 Å². The fourth-order valence-corrected chi connectivity index (χ4v) is 2.50. The molecule has 6 nitrogen and oxygen atoms in total. The highest BCUT2D eigenvalue weighted by atomic mass is 16.3. The van der Waals surface area contributed by atoms with Crippen molar-refractivity contribution in [3.8, 4) is 0 Å². The average molecular weight is 316 g/mol. The molecule has 1 amide bonds. The quantitative estimate of drug-likeness (QED) is 0.856.